The van der Waals surface area contributed by atoms with Crippen molar-refractivity contribution in [2.45, 2.75) is 77.9 Å². The van der Waals surface area contributed by atoms with Crippen molar-refractivity contribution in [3.05, 3.63) is 60.8 Å². The van der Waals surface area contributed by atoms with Gasteiger partial charge in [-0.3, -0.25) is 0 Å². The molecule has 6 heteroatoms. The Bertz CT molecular complexity index is 513. The molecule has 0 aliphatic rings. The molecule has 0 heterocycles. The fourth-order valence-electron chi connectivity index (χ4n) is 2.70. The van der Waals surface area contributed by atoms with Gasteiger partial charge < -0.3 is 9.05 Å². The molecule has 0 aliphatic carbocycles. The van der Waals surface area contributed by atoms with E-state index in [2.05, 4.69) is 96.7 Å². The second-order valence-corrected chi connectivity index (χ2v) is 13.1. The zero-order valence-electron chi connectivity index (χ0n) is 18.5. The molecule has 29 heavy (non-hydrogen) atoms. The zero-order chi connectivity index (χ0) is 21.7. The normalized spacial score (nSPS) is 16.4. The van der Waals surface area contributed by atoms with E-state index in [0.29, 0.717) is 5.92 Å². The van der Waals surface area contributed by atoms with Crippen molar-refractivity contribution in [2.24, 2.45) is 5.92 Å². The quantitative estimate of drug-likeness (QED) is 0.0908. The van der Waals surface area contributed by atoms with Gasteiger partial charge in [-0.05, 0) is 19.3 Å². The number of allylic oxidation sites excluding steroid dienone is 7. The van der Waals surface area contributed by atoms with Gasteiger partial charge in [-0.15, -0.1) is 0 Å². The molecule has 0 aromatic heterocycles. The Labute approximate surface area is 188 Å². The Kier molecular flexibility index (Phi) is 21.8. The fourth-order valence-corrected chi connectivity index (χ4v) is 4.45. The highest BCUT2D eigenvalue weighted by molar-refractivity contribution is 8.41. The van der Waals surface area contributed by atoms with Crippen LogP contribution in [0.1, 0.15) is 65.7 Å². The molecule has 6 unspecified atom stereocenters. The summed E-state index contributed by atoms with van der Waals surface area (Å²) in [6.07, 6.45) is 29.7. The van der Waals surface area contributed by atoms with Gasteiger partial charge in [0.25, 0.3) is 0 Å². The first-order valence-electron chi connectivity index (χ1n) is 10.7. The number of unbranched alkanes of at least 4 members (excludes halogenated alkanes) is 3. The summed E-state index contributed by atoms with van der Waals surface area (Å²) in [5, 5.41) is 0. The van der Waals surface area contributed by atoms with Crippen LogP contribution in [0.4, 0.5) is 0 Å². The minimum atomic E-state index is -0.518. The van der Waals surface area contributed by atoms with Gasteiger partial charge in [0.1, 0.15) is 0 Å². The highest BCUT2D eigenvalue weighted by Crippen LogP contribution is 2.55. The van der Waals surface area contributed by atoms with Crippen LogP contribution in [0, 0.1) is 5.92 Å². The molecule has 0 aromatic rings. The Morgan fingerprint density at radius 1 is 0.862 bits per heavy atom. The molecule has 0 aliphatic heterocycles. The predicted molar refractivity (Wildman–Crippen MR) is 144 cm³/mol. The van der Waals surface area contributed by atoms with Crippen molar-refractivity contribution in [3.8, 4) is 0 Å². The van der Waals surface area contributed by atoms with E-state index in [4.69, 9.17) is 9.05 Å². The van der Waals surface area contributed by atoms with Crippen molar-refractivity contribution in [2.75, 3.05) is 0 Å². The van der Waals surface area contributed by atoms with Gasteiger partial charge in [0.2, 0.25) is 0 Å². The summed E-state index contributed by atoms with van der Waals surface area (Å²) in [6.45, 7) is 6.61. The largest absolute Gasteiger partial charge is 0.358 e. The predicted octanol–water partition coefficient (Wildman–Crippen LogP) is 8.71. The summed E-state index contributed by atoms with van der Waals surface area (Å²) in [6, 6.07) is 0. The van der Waals surface area contributed by atoms with Crippen molar-refractivity contribution < 1.29 is 9.05 Å². The minimum absolute atomic E-state index is 0.184. The lowest BCUT2D eigenvalue weighted by Gasteiger charge is -2.22. The van der Waals surface area contributed by atoms with Gasteiger partial charge in [-0.2, -0.15) is 0 Å². The van der Waals surface area contributed by atoms with Crippen LogP contribution in [0.2, 0.25) is 0 Å². The van der Waals surface area contributed by atoms with Crippen molar-refractivity contribution in [3.63, 3.8) is 0 Å². The van der Waals surface area contributed by atoms with Crippen LogP contribution in [-0.4, -0.2) is 12.2 Å². The Morgan fingerprint density at radius 3 is 2.10 bits per heavy atom. The minimum Gasteiger partial charge on any atom is -0.358 e. The van der Waals surface area contributed by atoms with E-state index in [9.17, 15) is 0 Å². The SMILES string of the molecule is CC/C=C\CC(OP(P)P)C(C)/C=C/C=C/C=C\C=C\C(CCCCCC)OP. The highest BCUT2D eigenvalue weighted by Gasteiger charge is 2.15. The molecule has 0 bridgehead atoms. The molecule has 0 saturated carbocycles. The summed E-state index contributed by atoms with van der Waals surface area (Å²) < 4.78 is 11.5. The first-order valence-corrected chi connectivity index (χ1v) is 15.7. The second kappa shape index (κ2) is 21.6. The van der Waals surface area contributed by atoms with Gasteiger partial charge in [0.15, 0.2) is 0 Å². The Balaban J connectivity index is 4.38. The van der Waals surface area contributed by atoms with Gasteiger partial charge in [-0.25, -0.2) is 0 Å². The van der Waals surface area contributed by atoms with Gasteiger partial charge >= 0.3 is 0 Å². The average Bonchev–Trinajstić information content (AvgIpc) is 2.70. The first-order chi connectivity index (χ1) is 14.0. The molecule has 0 spiro atoms. The van der Waals surface area contributed by atoms with Crippen LogP contribution in [0.5, 0.6) is 0 Å². The summed E-state index contributed by atoms with van der Waals surface area (Å²) in [7, 11) is 7.36. The van der Waals surface area contributed by atoms with Gasteiger partial charge in [0, 0.05) is 15.4 Å². The maximum Gasteiger partial charge on any atom is 0.0794 e. The Morgan fingerprint density at radius 2 is 1.52 bits per heavy atom. The van der Waals surface area contributed by atoms with Crippen LogP contribution in [-0.2, 0) is 9.05 Å². The smallest absolute Gasteiger partial charge is 0.0794 e. The fraction of sp³-hybridized carbons (Fsp3) is 0.565. The van der Waals surface area contributed by atoms with Crippen LogP contribution >= 0.6 is 34.8 Å². The lowest BCUT2D eigenvalue weighted by atomic mass is 10.0. The van der Waals surface area contributed by atoms with Crippen LogP contribution < -0.4 is 0 Å². The van der Waals surface area contributed by atoms with E-state index in [0.717, 1.165) is 19.3 Å². The zero-order valence-corrected chi connectivity index (χ0v) is 22.8. The molecule has 0 saturated heterocycles. The molecule has 2 nitrogen and oxygen atoms in total. The topological polar surface area (TPSA) is 18.5 Å². The van der Waals surface area contributed by atoms with Gasteiger partial charge in [-0.1, -0.05) is 125 Å². The highest BCUT2D eigenvalue weighted by atomic mass is 32.4. The number of rotatable bonds is 17. The third kappa shape index (κ3) is 18.8. The van der Waals surface area contributed by atoms with E-state index in [1.54, 1.807) is 0 Å². The summed E-state index contributed by atoms with van der Waals surface area (Å²) >= 11 is 0. The molecule has 0 rings (SSSR count). The van der Waals surface area contributed by atoms with E-state index < -0.39 is 7.53 Å². The summed E-state index contributed by atoms with van der Waals surface area (Å²) in [5.41, 5.74) is 0. The van der Waals surface area contributed by atoms with E-state index in [-0.39, 0.29) is 12.2 Å². The van der Waals surface area contributed by atoms with Crippen molar-refractivity contribution in [1.82, 2.24) is 0 Å². The second-order valence-electron chi connectivity index (χ2n) is 7.04. The van der Waals surface area contributed by atoms with Crippen LogP contribution in [0.3, 0.4) is 0 Å². The number of hydrogen-bond donors (Lipinski definition) is 0. The van der Waals surface area contributed by atoms with Crippen molar-refractivity contribution >= 4 is 34.8 Å². The first kappa shape index (κ1) is 29.3. The third-order valence-electron chi connectivity index (χ3n) is 4.43. The molecule has 166 valence electrons. The van der Waals surface area contributed by atoms with Crippen LogP contribution in [0.15, 0.2) is 60.8 Å². The molecule has 0 aromatic carbocycles. The lowest BCUT2D eigenvalue weighted by molar-refractivity contribution is 0.196. The molecular formula is C23H42O2P4. The standard InChI is InChI=1S/C23H42O2P4/c1-4-6-8-15-18-22(24-26)19-16-12-10-9-11-14-17-21(3)23(25-29(27)28)20-13-7-5-2/h7,9-14,16-17,19,21-23H,4-6,8,15,18,20,26-28H2,1-3H3/b11-9+,12-10-,13-7-,17-14+,19-16+. The average molecular weight is 474 g/mol. The summed E-state index contributed by atoms with van der Waals surface area (Å²) in [5.74, 6) is 0.365. The third-order valence-corrected chi connectivity index (χ3v) is 6.02. The van der Waals surface area contributed by atoms with E-state index in [1.807, 2.05) is 12.2 Å². The number of hydrogen-bond acceptors (Lipinski definition) is 2. The maximum absolute atomic E-state index is 6.07. The molecule has 0 fully saturated rings. The monoisotopic (exact) mass is 474 g/mol. The molecular weight excluding hydrogens is 432 g/mol. The maximum atomic E-state index is 6.07. The van der Waals surface area contributed by atoms with Crippen molar-refractivity contribution in [1.29, 1.82) is 0 Å². The molecule has 0 amide bonds. The Hall–Kier alpha value is 0.340. The van der Waals surface area contributed by atoms with E-state index in [1.165, 1.54) is 25.7 Å². The summed E-state index contributed by atoms with van der Waals surface area (Å²) in [4.78, 5) is 0. The lowest BCUT2D eigenvalue weighted by Crippen LogP contribution is -2.16. The molecule has 6 atom stereocenters. The van der Waals surface area contributed by atoms with E-state index >= 15 is 0 Å². The molecule has 0 radical (unpaired) electrons. The van der Waals surface area contributed by atoms with Crippen LogP contribution in [0.25, 0.3) is 0 Å². The molecule has 0 N–H and O–H groups in total. The van der Waals surface area contributed by atoms with Gasteiger partial charge in [0.05, 0.1) is 19.7 Å².